The van der Waals surface area contributed by atoms with E-state index in [0.29, 0.717) is 16.6 Å². The number of alkyl halides is 1. The molecule has 4 heteroatoms. The maximum Gasteiger partial charge on any atom is 0.246 e. The highest BCUT2D eigenvalue weighted by Gasteiger charge is 2.20. The number of carbonyl (C=O) groups is 1. The van der Waals surface area contributed by atoms with E-state index in [2.05, 4.69) is 11.9 Å². The van der Waals surface area contributed by atoms with Gasteiger partial charge < -0.3 is 9.80 Å². The fourth-order valence-electron chi connectivity index (χ4n) is 0.843. The van der Waals surface area contributed by atoms with E-state index in [1.165, 1.54) is 0 Å². The zero-order valence-corrected chi connectivity index (χ0v) is 10.2. The quantitative estimate of drug-likeness (QED) is 0.322. The average molecular weight is 220 g/mol. The molecule has 0 aliphatic heterocycles. The van der Waals surface area contributed by atoms with Crippen LogP contribution in [-0.4, -0.2) is 43.6 Å². The van der Waals surface area contributed by atoms with Crippen molar-refractivity contribution in [3.05, 3.63) is 12.2 Å². The molecule has 0 spiro atoms. The van der Waals surface area contributed by atoms with Gasteiger partial charge in [0.1, 0.15) is 0 Å². The molecular formula is C10H20ClN2O+. The Morgan fingerprint density at radius 1 is 1.50 bits per heavy atom. The van der Waals surface area contributed by atoms with Crippen molar-refractivity contribution in [1.82, 2.24) is 5.32 Å². The summed E-state index contributed by atoms with van der Waals surface area (Å²) < 4.78 is 0.685. The second-order valence-corrected chi connectivity index (χ2v) is 4.88. The van der Waals surface area contributed by atoms with Crippen molar-refractivity contribution < 1.29 is 9.28 Å². The van der Waals surface area contributed by atoms with E-state index in [0.717, 1.165) is 6.42 Å². The van der Waals surface area contributed by atoms with Crippen molar-refractivity contribution in [1.29, 1.82) is 0 Å². The highest BCUT2D eigenvalue weighted by molar-refractivity contribution is 6.19. The van der Waals surface area contributed by atoms with Crippen LogP contribution in [0.5, 0.6) is 0 Å². The molecule has 0 aromatic heterocycles. The summed E-state index contributed by atoms with van der Waals surface area (Å²) in [5.41, 5.74) is 0.543. The van der Waals surface area contributed by atoms with Gasteiger partial charge in [-0.05, 0) is 6.92 Å². The summed E-state index contributed by atoms with van der Waals surface area (Å²) in [6, 6.07) is 0. The van der Waals surface area contributed by atoms with Gasteiger partial charge in [-0.25, -0.2) is 0 Å². The number of halogens is 1. The molecule has 0 rings (SSSR count). The molecule has 0 bridgehead atoms. The van der Waals surface area contributed by atoms with E-state index in [4.69, 9.17) is 11.6 Å². The lowest BCUT2D eigenvalue weighted by atomic mass is 10.3. The number of hydrogen-bond acceptors (Lipinski definition) is 1. The first-order chi connectivity index (χ1) is 6.25. The van der Waals surface area contributed by atoms with Crippen molar-refractivity contribution >= 4 is 17.5 Å². The third kappa shape index (κ3) is 5.25. The van der Waals surface area contributed by atoms with E-state index in [1.807, 2.05) is 21.1 Å². The molecule has 14 heavy (non-hydrogen) atoms. The minimum absolute atomic E-state index is 0.0143. The van der Waals surface area contributed by atoms with Crippen LogP contribution < -0.4 is 5.32 Å². The van der Waals surface area contributed by atoms with Crippen LogP contribution >= 0.6 is 11.6 Å². The summed E-state index contributed by atoms with van der Waals surface area (Å²) in [6.07, 6.45) is 0.754. The van der Waals surface area contributed by atoms with Crippen LogP contribution in [0, 0.1) is 0 Å². The monoisotopic (exact) mass is 219 g/mol. The highest BCUT2D eigenvalue weighted by atomic mass is 35.5. The fourth-order valence-corrected chi connectivity index (χ4v) is 0.952. The van der Waals surface area contributed by atoms with Gasteiger partial charge in [-0.3, -0.25) is 4.79 Å². The molecular weight excluding hydrogens is 200 g/mol. The number of rotatable bonds is 5. The Balaban J connectivity index is 3.76. The Kier molecular flexibility index (Phi) is 5.16. The third-order valence-corrected chi connectivity index (χ3v) is 2.70. The van der Waals surface area contributed by atoms with Crippen LogP contribution in [0.1, 0.15) is 13.3 Å². The first-order valence-electron chi connectivity index (χ1n) is 4.64. The fraction of sp³-hybridized carbons (Fsp3) is 0.700. The number of hydrogen-bond donors (Lipinski definition) is 1. The van der Waals surface area contributed by atoms with Crippen molar-refractivity contribution in [2.45, 2.75) is 18.8 Å². The van der Waals surface area contributed by atoms with Crippen LogP contribution in [0.2, 0.25) is 0 Å². The second-order valence-electron chi connectivity index (χ2n) is 4.38. The van der Waals surface area contributed by atoms with Gasteiger partial charge in [0.05, 0.1) is 21.1 Å². The summed E-state index contributed by atoms with van der Waals surface area (Å²) in [5.74, 6) is -0.102. The van der Waals surface area contributed by atoms with Gasteiger partial charge in [-0.1, -0.05) is 18.2 Å². The number of nitrogens with zero attached hydrogens (tertiary/aromatic N) is 1. The highest BCUT2D eigenvalue weighted by Crippen LogP contribution is 2.10. The third-order valence-electron chi connectivity index (χ3n) is 1.90. The maximum atomic E-state index is 11.1. The van der Waals surface area contributed by atoms with Crippen LogP contribution in [-0.2, 0) is 4.79 Å². The Labute approximate surface area is 91.3 Å². The normalized spacial score (nSPS) is 13.5. The maximum absolute atomic E-state index is 11.1. The minimum atomic E-state index is -0.102. The molecule has 1 atom stereocenters. The van der Waals surface area contributed by atoms with Crippen LogP contribution in [0.15, 0.2) is 12.2 Å². The molecule has 82 valence electrons. The van der Waals surface area contributed by atoms with Crippen LogP contribution in [0.25, 0.3) is 0 Å². The Hall–Kier alpha value is -0.540. The molecule has 1 N–H and O–H groups in total. The van der Waals surface area contributed by atoms with Crippen LogP contribution in [0.4, 0.5) is 0 Å². The van der Waals surface area contributed by atoms with Gasteiger partial charge in [0, 0.05) is 18.5 Å². The summed E-state index contributed by atoms with van der Waals surface area (Å²) in [7, 11) is 6.08. The summed E-state index contributed by atoms with van der Waals surface area (Å²) >= 11 is 6.12. The van der Waals surface area contributed by atoms with Gasteiger partial charge in [-0.15, -0.1) is 0 Å². The molecule has 0 aliphatic carbocycles. The number of carbonyl (C=O) groups excluding carboxylic acids is 1. The van der Waals surface area contributed by atoms with E-state index in [9.17, 15) is 4.79 Å². The van der Waals surface area contributed by atoms with Gasteiger partial charge in [-0.2, -0.15) is 0 Å². The lowest BCUT2D eigenvalue weighted by Gasteiger charge is -2.29. The standard InChI is InChI=1S/C10H19ClN2O/c1-8(2)10(14)12-7-6-9(11)13(3,4)5/h9H,1,6-7H2,2-5H3/p+1. The summed E-state index contributed by atoms with van der Waals surface area (Å²) in [4.78, 5) is 11.1. The predicted molar refractivity (Wildman–Crippen MR) is 60.1 cm³/mol. The zero-order valence-electron chi connectivity index (χ0n) is 9.43. The van der Waals surface area contributed by atoms with Crippen LogP contribution in [0.3, 0.4) is 0 Å². The lowest BCUT2D eigenvalue weighted by molar-refractivity contribution is -0.882. The Morgan fingerprint density at radius 3 is 2.36 bits per heavy atom. The molecule has 3 nitrogen and oxygen atoms in total. The van der Waals surface area contributed by atoms with E-state index in [1.54, 1.807) is 6.92 Å². The summed E-state index contributed by atoms with van der Waals surface area (Å²) in [5, 5.41) is 2.75. The molecule has 0 aromatic rings. The molecule has 0 aliphatic rings. The van der Waals surface area contributed by atoms with Crippen molar-refractivity contribution in [3.8, 4) is 0 Å². The van der Waals surface area contributed by atoms with E-state index >= 15 is 0 Å². The first-order valence-corrected chi connectivity index (χ1v) is 5.07. The largest absolute Gasteiger partial charge is 0.352 e. The predicted octanol–water partition coefficient (Wildman–Crippen LogP) is 1.34. The lowest BCUT2D eigenvalue weighted by Crippen LogP contribution is -2.43. The topological polar surface area (TPSA) is 29.1 Å². The van der Waals surface area contributed by atoms with E-state index in [-0.39, 0.29) is 11.4 Å². The molecule has 0 heterocycles. The average Bonchev–Trinajstić information content (AvgIpc) is 2.01. The second kappa shape index (κ2) is 5.37. The molecule has 0 saturated carbocycles. The summed E-state index contributed by atoms with van der Waals surface area (Å²) in [6.45, 7) is 5.83. The molecule has 1 unspecified atom stereocenters. The first kappa shape index (κ1) is 13.5. The van der Waals surface area contributed by atoms with Crippen molar-refractivity contribution in [2.24, 2.45) is 0 Å². The molecule has 0 saturated heterocycles. The molecule has 0 fully saturated rings. The zero-order chi connectivity index (χ0) is 11.4. The molecule has 1 amide bonds. The molecule has 0 radical (unpaired) electrons. The number of nitrogens with one attached hydrogen (secondary N) is 1. The van der Waals surface area contributed by atoms with Gasteiger partial charge >= 0.3 is 0 Å². The van der Waals surface area contributed by atoms with Crippen molar-refractivity contribution in [2.75, 3.05) is 27.7 Å². The number of quaternary nitrogens is 1. The Morgan fingerprint density at radius 2 is 2.00 bits per heavy atom. The van der Waals surface area contributed by atoms with Crippen molar-refractivity contribution in [3.63, 3.8) is 0 Å². The SMILES string of the molecule is C=C(C)C(=O)NCCC(Cl)[N+](C)(C)C. The minimum Gasteiger partial charge on any atom is -0.352 e. The van der Waals surface area contributed by atoms with Gasteiger partial charge in [0.25, 0.3) is 0 Å². The van der Waals surface area contributed by atoms with E-state index < -0.39 is 0 Å². The molecule has 0 aromatic carbocycles. The van der Waals surface area contributed by atoms with Gasteiger partial charge in [0.15, 0.2) is 5.50 Å². The smallest absolute Gasteiger partial charge is 0.246 e. The Bertz CT molecular complexity index is 221. The van der Waals surface area contributed by atoms with Gasteiger partial charge in [0.2, 0.25) is 5.91 Å². The number of amides is 1.